The Morgan fingerprint density at radius 3 is 2.34 bits per heavy atom. The largest absolute Gasteiger partial charge is 0.389 e. The van der Waals surface area contributed by atoms with Gasteiger partial charge in [-0.25, -0.2) is 9.78 Å². The standard InChI is InChI=1S/C19H20ClF3N4O2/c1-3-14-24-16-15(25(14)2)17(28)27(11-12-5-7-13(20)8-6-12)18(29)26(16)10-4-9-19(21,22)23/h5-8H,3-4,9-11H2,1-2H3. The van der Waals surface area contributed by atoms with E-state index >= 15 is 0 Å². The van der Waals surface area contributed by atoms with Gasteiger partial charge < -0.3 is 4.57 Å². The van der Waals surface area contributed by atoms with Gasteiger partial charge in [-0.3, -0.25) is 13.9 Å². The number of fused-ring (bicyclic) bond motifs is 1. The zero-order valence-electron chi connectivity index (χ0n) is 16.0. The number of benzene rings is 1. The molecule has 0 aliphatic rings. The van der Waals surface area contributed by atoms with Gasteiger partial charge in [0.1, 0.15) is 5.82 Å². The fourth-order valence-corrected chi connectivity index (χ4v) is 3.40. The third-order valence-corrected chi connectivity index (χ3v) is 5.00. The minimum atomic E-state index is -4.32. The number of alkyl halides is 3. The highest BCUT2D eigenvalue weighted by Gasteiger charge is 2.27. The van der Waals surface area contributed by atoms with Crippen molar-refractivity contribution in [1.29, 1.82) is 0 Å². The second-order valence-electron chi connectivity index (χ2n) is 6.78. The highest BCUT2D eigenvalue weighted by atomic mass is 35.5. The molecular formula is C19H20ClF3N4O2. The quantitative estimate of drug-likeness (QED) is 0.603. The molecule has 10 heteroatoms. The Hall–Kier alpha value is -2.55. The number of nitrogens with zero attached hydrogens (tertiary/aromatic N) is 4. The van der Waals surface area contributed by atoms with E-state index in [2.05, 4.69) is 4.98 Å². The molecule has 0 fully saturated rings. The molecule has 0 aliphatic carbocycles. The topological polar surface area (TPSA) is 61.8 Å². The van der Waals surface area contributed by atoms with Crippen molar-refractivity contribution in [3.05, 3.63) is 61.5 Å². The molecule has 2 aromatic heterocycles. The Morgan fingerprint density at radius 1 is 1.10 bits per heavy atom. The van der Waals surface area contributed by atoms with Crippen molar-refractivity contribution < 1.29 is 13.2 Å². The molecule has 29 heavy (non-hydrogen) atoms. The second kappa shape index (κ2) is 8.06. The highest BCUT2D eigenvalue weighted by molar-refractivity contribution is 6.30. The normalized spacial score (nSPS) is 12.1. The minimum absolute atomic E-state index is 0.0172. The highest BCUT2D eigenvalue weighted by Crippen LogP contribution is 2.22. The van der Waals surface area contributed by atoms with E-state index in [9.17, 15) is 22.8 Å². The molecular weight excluding hydrogens is 409 g/mol. The molecule has 0 radical (unpaired) electrons. The molecule has 0 atom stereocenters. The van der Waals surface area contributed by atoms with Gasteiger partial charge >= 0.3 is 11.9 Å². The predicted octanol–water partition coefficient (Wildman–Crippen LogP) is 3.50. The lowest BCUT2D eigenvalue weighted by molar-refractivity contribution is -0.135. The van der Waals surface area contributed by atoms with Crippen LogP contribution >= 0.6 is 11.6 Å². The monoisotopic (exact) mass is 428 g/mol. The summed E-state index contributed by atoms with van der Waals surface area (Å²) in [5, 5.41) is 0.514. The molecule has 2 heterocycles. The first-order valence-corrected chi connectivity index (χ1v) is 9.50. The lowest BCUT2D eigenvalue weighted by Gasteiger charge is -2.13. The van der Waals surface area contributed by atoms with E-state index in [0.29, 0.717) is 22.8 Å². The van der Waals surface area contributed by atoms with Crippen molar-refractivity contribution in [3.63, 3.8) is 0 Å². The van der Waals surface area contributed by atoms with Gasteiger partial charge in [0.05, 0.1) is 6.54 Å². The molecule has 1 aromatic carbocycles. The lowest BCUT2D eigenvalue weighted by atomic mass is 10.2. The Kier molecular flexibility index (Phi) is 5.88. The third-order valence-electron chi connectivity index (χ3n) is 4.75. The summed E-state index contributed by atoms with van der Waals surface area (Å²) in [6, 6.07) is 6.66. The van der Waals surface area contributed by atoms with E-state index in [4.69, 9.17) is 11.6 Å². The summed E-state index contributed by atoms with van der Waals surface area (Å²) in [4.78, 5) is 30.4. The van der Waals surface area contributed by atoms with Gasteiger partial charge in [-0.2, -0.15) is 13.2 Å². The van der Waals surface area contributed by atoms with Crippen LogP contribution in [-0.2, 0) is 26.6 Å². The SMILES string of the molecule is CCc1nc2c(c(=O)n(Cc3ccc(Cl)cc3)c(=O)n2CCCC(F)(F)F)n1C. The van der Waals surface area contributed by atoms with Crippen molar-refractivity contribution in [3.8, 4) is 0 Å². The summed E-state index contributed by atoms with van der Waals surface area (Å²) in [5.41, 5.74) is -0.217. The van der Waals surface area contributed by atoms with Crippen LogP contribution in [0, 0.1) is 0 Å². The average molecular weight is 429 g/mol. The molecule has 0 N–H and O–H groups in total. The fraction of sp³-hybridized carbons (Fsp3) is 0.421. The van der Waals surface area contributed by atoms with Gasteiger partial charge in [0.15, 0.2) is 11.2 Å². The molecule has 3 rings (SSSR count). The number of hydrogen-bond acceptors (Lipinski definition) is 3. The van der Waals surface area contributed by atoms with Crippen LogP contribution < -0.4 is 11.2 Å². The van der Waals surface area contributed by atoms with Crippen LogP contribution in [0.25, 0.3) is 11.2 Å². The average Bonchev–Trinajstić information content (AvgIpc) is 2.98. The van der Waals surface area contributed by atoms with Gasteiger partial charge in [-0.1, -0.05) is 30.7 Å². The first kappa shape index (κ1) is 21.2. The van der Waals surface area contributed by atoms with E-state index in [0.717, 1.165) is 9.13 Å². The Bertz CT molecular complexity index is 1140. The first-order valence-electron chi connectivity index (χ1n) is 9.12. The van der Waals surface area contributed by atoms with Crippen LogP contribution in [0.1, 0.15) is 31.2 Å². The summed E-state index contributed by atoms with van der Waals surface area (Å²) >= 11 is 5.88. The van der Waals surface area contributed by atoms with Gasteiger partial charge in [0.25, 0.3) is 5.56 Å². The molecule has 3 aromatic rings. The smallest absolute Gasteiger partial charge is 0.325 e. The summed E-state index contributed by atoms with van der Waals surface area (Å²) in [7, 11) is 1.66. The molecule has 0 saturated carbocycles. The van der Waals surface area contributed by atoms with Crippen molar-refractivity contribution >= 4 is 22.8 Å². The zero-order chi connectivity index (χ0) is 21.3. The van der Waals surface area contributed by atoms with Crippen LogP contribution in [0.3, 0.4) is 0 Å². The number of halogens is 4. The maximum atomic E-state index is 13.0. The second-order valence-corrected chi connectivity index (χ2v) is 7.22. The molecule has 6 nitrogen and oxygen atoms in total. The van der Waals surface area contributed by atoms with Crippen LogP contribution in [0.2, 0.25) is 5.02 Å². The summed E-state index contributed by atoms with van der Waals surface area (Å²) < 4.78 is 41.5. The minimum Gasteiger partial charge on any atom is -0.325 e. The molecule has 0 spiro atoms. The number of rotatable bonds is 6. The maximum absolute atomic E-state index is 13.0. The van der Waals surface area contributed by atoms with E-state index < -0.39 is 23.8 Å². The first-order chi connectivity index (χ1) is 13.6. The van der Waals surface area contributed by atoms with Gasteiger partial charge in [0.2, 0.25) is 0 Å². The van der Waals surface area contributed by atoms with Crippen LogP contribution in [0.15, 0.2) is 33.9 Å². The Labute approximate surface area is 169 Å². The van der Waals surface area contributed by atoms with E-state index in [-0.39, 0.29) is 30.7 Å². The van der Waals surface area contributed by atoms with E-state index in [1.807, 2.05) is 6.92 Å². The third kappa shape index (κ3) is 4.39. The molecule has 0 bridgehead atoms. The Morgan fingerprint density at radius 2 is 1.76 bits per heavy atom. The molecule has 0 unspecified atom stereocenters. The maximum Gasteiger partial charge on any atom is 0.389 e. The van der Waals surface area contributed by atoms with Crippen molar-refractivity contribution in [1.82, 2.24) is 18.7 Å². The molecule has 0 aliphatic heterocycles. The Balaban J connectivity index is 2.15. The van der Waals surface area contributed by atoms with Gasteiger partial charge in [-0.15, -0.1) is 0 Å². The molecule has 0 saturated heterocycles. The molecule has 156 valence electrons. The van der Waals surface area contributed by atoms with Crippen molar-refractivity contribution in [2.24, 2.45) is 7.05 Å². The zero-order valence-corrected chi connectivity index (χ0v) is 16.7. The number of imidazole rings is 1. The number of hydrogen-bond donors (Lipinski definition) is 0. The summed E-state index contributed by atoms with van der Waals surface area (Å²) in [6.07, 6.45) is -5.11. The summed E-state index contributed by atoms with van der Waals surface area (Å²) in [6.45, 7) is 1.64. The lowest BCUT2D eigenvalue weighted by Crippen LogP contribution is -2.41. The van der Waals surface area contributed by atoms with Crippen LogP contribution in [-0.4, -0.2) is 24.9 Å². The number of aromatic nitrogens is 4. The predicted molar refractivity (Wildman–Crippen MR) is 104 cm³/mol. The van der Waals surface area contributed by atoms with Crippen molar-refractivity contribution in [2.75, 3.05) is 0 Å². The van der Waals surface area contributed by atoms with E-state index in [1.165, 1.54) is 0 Å². The van der Waals surface area contributed by atoms with Gasteiger partial charge in [-0.05, 0) is 24.1 Å². The molecule has 0 amide bonds. The van der Waals surface area contributed by atoms with Crippen LogP contribution in [0.5, 0.6) is 0 Å². The summed E-state index contributed by atoms with van der Waals surface area (Å²) in [5.74, 6) is 0.574. The van der Waals surface area contributed by atoms with Gasteiger partial charge in [0, 0.05) is 31.5 Å². The fourth-order valence-electron chi connectivity index (χ4n) is 3.27. The van der Waals surface area contributed by atoms with Crippen molar-refractivity contribution in [2.45, 2.75) is 45.5 Å². The number of aryl methyl sites for hydroxylation is 3. The van der Waals surface area contributed by atoms with Crippen LogP contribution in [0.4, 0.5) is 13.2 Å². The van der Waals surface area contributed by atoms with E-state index in [1.54, 1.807) is 35.9 Å².